The van der Waals surface area contributed by atoms with Crippen LogP contribution in [-0.4, -0.2) is 25.3 Å². The minimum atomic E-state index is -0.0672. The molecule has 1 heterocycles. The van der Waals surface area contributed by atoms with Crippen LogP contribution < -0.4 is 20.5 Å². The summed E-state index contributed by atoms with van der Waals surface area (Å²) in [6.07, 6.45) is 4.41. The molecule has 0 radical (unpaired) electrons. The van der Waals surface area contributed by atoms with Crippen molar-refractivity contribution in [2.24, 2.45) is 11.7 Å². The number of nitrogens with one attached hydrogen (secondary N) is 1. The zero-order valence-electron chi connectivity index (χ0n) is 11.4. The number of benzene rings is 1. The second-order valence-corrected chi connectivity index (χ2v) is 5.57. The first-order valence-electron chi connectivity index (χ1n) is 7.16. The fourth-order valence-corrected chi connectivity index (χ4v) is 2.89. The predicted octanol–water partition coefficient (Wildman–Crippen LogP) is 1.66. The molecule has 1 fully saturated rings. The van der Waals surface area contributed by atoms with Crippen LogP contribution in [0.2, 0.25) is 0 Å². The molecule has 1 amide bonds. The topological polar surface area (TPSA) is 73.6 Å². The maximum Gasteiger partial charge on any atom is 0.251 e. The van der Waals surface area contributed by atoms with Gasteiger partial charge in [-0.2, -0.15) is 0 Å². The van der Waals surface area contributed by atoms with E-state index in [1.807, 2.05) is 0 Å². The number of hydrogen-bond acceptors (Lipinski definition) is 4. The highest BCUT2D eigenvalue weighted by atomic mass is 16.7. The van der Waals surface area contributed by atoms with Crippen molar-refractivity contribution in [3.8, 4) is 11.5 Å². The first-order chi connectivity index (χ1) is 9.72. The van der Waals surface area contributed by atoms with E-state index < -0.39 is 0 Å². The second-order valence-electron chi connectivity index (χ2n) is 5.57. The average molecular weight is 276 g/mol. The van der Waals surface area contributed by atoms with Crippen LogP contribution in [0.5, 0.6) is 11.5 Å². The average Bonchev–Trinajstić information content (AvgIpc) is 2.92. The van der Waals surface area contributed by atoms with Gasteiger partial charge in [0, 0.05) is 18.2 Å². The van der Waals surface area contributed by atoms with Gasteiger partial charge in [0.1, 0.15) is 0 Å². The fraction of sp³-hybridized carbons (Fsp3) is 0.533. The predicted molar refractivity (Wildman–Crippen MR) is 74.8 cm³/mol. The molecule has 2 atom stereocenters. The van der Waals surface area contributed by atoms with E-state index in [0.717, 1.165) is 25.7 Å². The van der Waals surface area contributed by atoms with E-state index in [-0.39, 0.29) is 18.7 Å². The Morgan fingerprint density at radius 1 is 1.30 bits per heavy atom. The van der Waals surface area contributed by atoms with Gasteiger partial charge in [0.15, 0.2) is 11.5 Å². The molecule has 0 bridgehead atoms. The standard InChI is InChI=1S/C15H20N2O3/c16-12-3-1-2-10(6-12)8-17-15(18)11-4-5-13-14(7-11)20-9-19-13/h4-5,7,10,12H,1-3,6,8-9,16H2,(H,17,18). The maximum atomic E-state index is 12.1. The van der Waals surface area contributed by atoms with E-state index in [0.29, 0.717) is 29.5 Å². The van der Waals surface area contributed by atoms with E-state index in [4.69, 9.17) is 15.2 Å². The Morgan fingerprint density at radius 2 is 2.15 bits per heavy atom. The summed E-state index contributed by atoms with van der Waals surface area (Å²) in [7, 11) is 0. The lowest BCUT2D eigenvalue weighted by Gasteiger charge is -2.26. The molecule has 5 nitrogen and oxygen atoms in total. The second kappa shape index (κ2) is 5.71. The van der Waals surface area contributed by atoms with Crippen molar-refractivity contribution in [3.05, 3.63) is 23.8 Å². The molecular formula is C15H20N2O3. The van der Waals surface area contributed by atoms with Gasteiger partial charge in [-0.05, 0) is 43.4 Å². The van der Waals surface area contributed by atoms with Gasteiger partial charge < -0.3 is 20.5 Å². The Kier molecular flexibility index (Phi) is 3.78. The molecule has 108 valence electrons. The van der Waals surface area contributed by atoms with Gasteiger partial charge >= 0.3 is 0 Å². The summed E-state index contributed by atoms with van der Waals surface area (Å²) in [5, 5.41) is 2.99. The van der Waals surface area contributed by atoms with E-state index in [9.17, 15) is 4.79 Å². The highest BCUT2D eigenvalue weighted by Gasteiger charge is 2.21. The minimum Gasteiger partial charge on any atom is -0.454 e. The molecule has 0 spiro atoms. The quantitative estimate of drug-likeness (QED) is 0.880. The van der Waals surface area contributed by atoms with Gasteiger partial charge in [-0.3, -0.25) is 4.79 Å². The van der Waals surface area contributed by atoms with Crippen molar-refractivity contribution in [1.82, 2.24) is 5.32 Å². The molecule has 3 rings (SSSR count). The van der Waals surface area contributed by atoms with Crippen molar-refractivity contribution >= 4 is 5.91 Å². The number of hydrogen-bond donors (Lipinski definition) is 2. The Labute approximate surface area is 118 Å². The van der Waals surface area contributed by atoms with Crippen LogP contribution in [0.3, 0.4) is 0 Å². The van der Waals surface area contributed by atoms with Gasteiger partial charge in [0.2, 0.25) is 6.79 Å². The first-order valence-corrected chi connectivity index (χ1v) is 7.16. The number of ether oxygens (including phenoxy) is 2. The van der Waals surface area contributed by atoms with E-state index >= 15 is 0 Å². The number of carbonyl (C=O) groups excluding carboxylic acids is 1. The summed E-state index contributed by atoms with van der Waals surface area (Å²) in [5.41, 5.74) is 6.57. The van der Waals surface area contributed by atoms with Gasteiger partial charge in [0.25, 0.3) is 5.91 Å². The summed E-state index contributed by atoms with van der Waals surface area (Å²) < 4.78 is 10.5. The van der Waals surface area contributed by atoms with Crippen molar-refractivity contribution in [2.45, 2.75) is 31.7 Å². The largest absolute Gasteiger partial charge is 0.454 e. The van der Waals surface area contributed by atoms with Gasteiger partial charge in [-0.25, -0.2) is 0 Å². The number of fused-ring (bicyclic) bond motifs is 1. The number of nitrogens with two attached hydrogens (primary N) is 1. The molecule has 1 aliphatic carbocycles. The molecule has 1 aromatic carbocycles. The first kappa shape index (κ1) is 13.2. The van der Waals surface area contributed by atoms with Crippen LogP contribution in [0, 0.1) is 5.92 Å². The molecule has 3 N–H and O–H groups in total. The van der Waals surface area contributed by atoms with E-state index in [1.165, 1.54) is 0 Å². The fourth-order valence-electron chi connectivity index (χ4n) is 2.89. The van der Waals surface area contributed by atoms with E-state index in [1.54, 1.807) is 18.2 Å². The Bertz CT molecular complexity index is 504. The summed E-state index contributed by atoms with van der Waals surface area (Å²) in [5.74, 6) is 1.76. The zero-order chi connectivity index (χ0) is 13.9. The molecule has 2 unspecified atom stereocenters. The van der Waals surface area contributed by atoms with Crippen LogP contribution in [0.4, 0.5) is 0 Å². The SMILES string of the molecule is NC1CCCC(CNC(=O)c2ccc3c(c2)OCO3)C1. The molecule has 0 saturated heterocycles. The van der Waals surface area contributed by atoms with E-state index in [2.05, 4.69) is 5.32 Å². The van der Waals surface area contributed by atoms with Crippen LogP contribution in [0.1, 0.15) is 36.0 Å². The molecule has 1 aromatic rings. The maximum absolute atomic E-state index is 12.1. The number of amides is 1. The normalized spacial score (nSPS) is 24.4. The zero-order valence-corrected chi connectivity index (χ0v) is 11.4. The lowest BCUT2D eigenvalue weighted by Crippen LogP contribution is -2.35. The van der Waals surface area contributed by atoms with Crippen molar-refractivity contribution in [3.63, 3.8) is 0 Å². The van der Waals surface area contributed by atoms with Crippen molar-refractivity contribution < 1.29 is 14.3 Å². The third-order valence-electron chi connectivity index (χ3n) is 4.01. The lowest BCUT2D eigenvalue weighted by atomic mass is 9.86. The van der Waals surface area contributed by atoms with Crippen LogP contribution in [-0.2, 0) is 0 Å². The Morgan fingerprint density at radius 3 is 3.00 bits per heavy atom. The smallest absolute Gasteiger partial charge is 0.251 e. The molecular weight excluding hydrogens is 256 g/mol. The summed E-state index contributed by atoms with van der Waals surface area (Å²) >= 11 is 0. The Balaban J connectivity index is 1.56. The van der Waals surface area contributed by atoms with Gasteiger partial charge in [-0.1, -0.05) is 6.42 Å². The molecule has 0 aromatic heterocycles. The Hall–Kier alpha value is -1.75. The third-order valence-corrected chi connectivity index (χ3v) is 4.01. The molecule has 1 saturated carbocycles. The number of carbonyl (C=O) groups is 1. The van der Waals surface area contributed by atoms with Crippen LogP contribution in [0.15, 0.2) is 18.2 Å². The third kappa shape index (κ3) is 2.88. The van der Waals surface area contributed by atoms with Gasteiger partial charge in [0.05, 0.1) is 0 Å². The highest BCUT2D eigenvalue weighted by molar-refractivity contribution is 5.94. The highest BCUT2D eigenvalue weighted by Crippen LogP contribution is 2.32. The summed E-state index contributed by atoms with van der Waals surface area (Å²) in [6, 6.07) is 5.55. The van der Waals surface area contributed by atoms with Crippen molar-refractivity contribution in [1.29, 1.82) is 0 Å². The monoisotopic (exact) mass is 276 g/mol. The molecule has 20 heavy (non-hydrogen) atoms. The molecule has 2 aliphatic rings. The number of rotatable bonds is 3. The molecule has 5 heteroatoms. The van der Waals surface area contributed by atoms with Crippen molar-refractivity contribution in [2.75, 3.05) is 13.3 Å². The summed E-state index contributed by atoms with van der Waals surface area (Å²) in [4.78, 5) is 12.1. The van der Waals surface area contributed by atoms with Gasteiger partial charge in [-0.15, -0.1) is 0 Å². The summed E-state index contributed by atoms with van der Waals surface area (Å²) in [6.45, 7) is 0.918. The van der Waals surface area contributed by atoms with Crippen LogP contribution in [0.25, 0.3) is 0 Å². The lowest BCUT2D eigenvalue weighted by molar-refractivity contribution is 0.0942. The molecule has 1 aliphatic heterocycles. The van der Waals surface area contributed by atoms with Crippen LogP contribution >= 0.6 is 0 Å². The minimum absolute atomic E-state index is 0.0672.